The van der Waals surface area contributed by atoms with Crippen LogP contribution in [-0.2, 0) is 5.33 Å². The molecule has 0 atom stereocenters. The van der Waals surface area contributed by atoms with Gasteiger partial charge in [-0.3, -0.25) is 0 Å². The molecular weight excluding hydrogens is 286 g/mol. The van der Waals surface area contributed by atoms with E-state index in [4.69, 9.17) is 4.74 Å². The van der Waals surface area contributed by atoms with E-state index in [2.05, 4.69) is 36.8 Å². The van der Waals surface area contributed by atoms with E-state index in [-0.39, 0.29) is 0 Å². The van der Waals surface area contributed by atoms with Gasteiger partial charge in [-0.1, -0.05) is 15.9 Å². The smallest absolute Gasteiger partial charge is 0.213 e. The highest BCUT2D eigenvalue weighted by Gasteiger charge is 2.01. The lowest BCUT2D eigenvalue weighted by atomic mass is 10.4. The van der Waals surface area contributed by atoms with Crippen molar-refractivity contribution in [3.05, 3.63) is 22.3 Å². The first-order chi connectivity index (χ1) is 5.77. The molecule has 2 nitrogen and oxygen atoms in total. The van der Waals surface area contributed by atoms with Crippen LogP contribution < -0.4 is 4.74 Å². The lowest BCUT2D eigenvalue weighted by molar-refractivity contribution is 0.326. The van der Waals surface area contributed by atoms with Crippen LogP contribution in [0.1, 0.15) is 12.6 Å². The minimum absolute atomic E-state index is 0.649. The maximum atomic E-state index is 5.25. The fraction of sp³-hybridized carbons (Fsp3) is 0.375. The Hall–Kier alpha value is -0.0900. The average molecular weight is 295 g/mol. The van der Waals surface area contributed by atoms with E-state index in [1.54, 1.807) is 0 Å². The summed E-state index contributed by atoms with van der Waals surface area (Å²) in [6.45, 7) is 2.59. The molecule has 0 aliphatic carbocycles. The van der Waals surface area contributed by atoms with E-state index in [1.165, 1.54) is 0 Å². The van der Waals surface area contributed by atoms with Crippen LogP contribution in [0, 0.1) is 0 Å². The molecule has 66 valence electrons. The van der Waals surface area contributed by atoms with Crippen molar-refractivity contribution in [2.45, 2.75) is 12.3 Å². The fourth-order valence-corrected chi connectivity index (χ4v) is 1.95. The minimum atomic E-state index is 0.649. The molecule has 0 saturated heterocycles. The van der Waals surface area contributed by atoms with Crippen LogP contribution in [0.5, 0.6) is 5.88 Å². The lowest BCUT2D eigenvalue weighted by Crippen LogP contribution is -1.96. The molecule has 1 aromatic heterocycles. The Kier molecular flexibility index (Phi) is 4.01. The van der Waals surface area contributed by atoms with Crippen molar-refractivity contribution in [3.8, 4) is 5.88 Å². The number of rotatable bonds is 3. The van der Waals surface area contributed by atoms with Gasteiger partial charge in [-0.05, 0) is 28.9 Å². The fourth-order valence-electron chi connectivity index (χ4n) is 0.786. The largest absolute Gasteiger partial charge is 0.478 e. The number of hydrogen-bond donors (Lipinski definition) is 0. The highest BCUT2D eigenvalue weighted by Crippen LogP contribution is 2.20. The average Bonchev–Trinajstić information content (AvgIpc) is 2.09. The second kappa shape index (κ2) is 4.82. The summed E-state index contributed by atoms with van der Waals surface area (Å²) in [5.74, 6) is 0.676. The highest BCUT2D eigenvalue weighted by molar-refractivity contribution is 9.10. The molecular formula is C8H9Br2NO. The summed E-state index contributed by atoms with van der Waals surface area (Å²) in [7, 11) is 0. The van der Waals surface area contributed by atoms with E-state index in [1.807, 2.05) is 19.1 Å². The molecule has 0 aliphatic rings. The Balaban J connectivity index is 2.89. The number of ether oxygens (including phenoxy) is 1. The Bertz CT molecular complexity index is 265. The van der Waals surface area contributed by atoms with Gasteiger partial charge in [0.2, 0.25) is 5.88 Å². The molecule has 1 aromatic rings. The molecule has 12 heavy (non-hydrogen) atoms. The maximum Gasteiger partial charge on any atom is 0.213 e. The topological polar surface area (TPSA) is 22.1 Å². The van der Waals surface area contributed by atoms with E-state index in [9.17, 15) is 0 Å². The molecule has 0 aromatic carbocycles. The van der Waals surface area contributed by atoms with Crippen LogP contribution >= 0.6 is 31.9 Å². The van der Waals surface area contributed by atoms with E-state index in [0.717, 1.165) is 15.5 Å². The molecule has 0 N–H and O–H groups in total. The molecule has 0 saturated carbocycles. The molecule has 4 heteroatoms. The van der Waals surface area contributed by atoms with Crippen LogP contribution in [-0.4, -0.2) is 11.6 Å². The number of aromatic nitrogens is 1. The maximum absolute atomic E-state index is 5.25. The molecule has 1 heterocycles. The third kappa shape index (κ3) is 2.45. The van der Waals surface area contributed by atoms with Gasteiger partial charge in [-0.25, -0.2) is 4.98 Å². The standard InChI is InChI=1S/C8H9Br2NO/c1-2-12-8-4-3-6(10)7(5-9)11-8/h3-4H,2,5H2,1H3. The van der Waals surface area contributed by atoms with Gasteiger partial charge in [0.15, 0.2) is 0 Å². The second-order valence-corrected chi connectivity index (χ2v) is 3.56. The molecule has 0 fully saturated rings. The van der Waals surface area contributed by atoms with Gasteiger partial charge in [-0.15, -0.1) is 0 Å². The van der Waals surface area contributed by atoms with Crippen molar-refractivity contribution < 1.29 is 4.74 Å². The Morgan fingerprint density at radius 3 is 2.83 bits per heavy atom. The third-order valence-corrected chi connectivity index (χ3v) is 2.57. The van der Waals surface area contributed by atoms with Crippen molar-refractivity contribution >= 4 is 31.9 Å². The van der Waals surface area contributed by atoms with Gasteiger partial charge < -0.3 is 4.74 Å². The third-order valence-electron chi connectivity index (χ3n) is 1.31. The van der Waals surface area contributed by atoms with Crippen molar-refractivity contribution in [1.82, 2.24) is 4.98 Å². The van der Waals surface area contributed by atoms with Crippen LogP contribution in [0.15, 0.2) is 16.6 Å². The van der Waals surface area contributed by atoms with Crippen LogP contribution in [0.4, 0.5) is 0 Å². The van der Waals surface area contributed by atoms with Crippen LogP contribution in [0.3, 0.4) is 0 Å². The van der Waals surface area contributed by atoms with Gasteiger partial charge in [0.1, 0.15) is 0 Å². The predicted octanol–water partition coefficient (Wildman–Crippen LogP) is 3.14. The lowest BCUT2D eigenvalue weighted by Gasteiger charge is -2.04. The molecule has 0 aliphatic heterocycles. The molecule has 0 amide bonds. The van der Waals surface area contributed by atoms with E-state index < -0.39 is 0 Å². The van der Waals surface area contributed by atoms with Gasteiger partial charge in [0.25, 0.3) is 0 Å². The summed E-state index contributed by atoms with van der Waals surface area (Å²) in [6.07, 6.45) is 0. The molecule has 0 radical (unpaired) electrons. The SMILES string of the molecule is CCOc1ccc(Br)c(CBr)n1. The number of pyridine rings is 1. The molecule has 0 bridgehead atoms. The van der Waals surface area contributed by atoms with Crippen molar-refractivity contribution in [2.75, 3.05) is 6.61 Å². The summed E-state index contributed by atoms with van der Waals surface area (Å²) >= 11 is 6.74. The molecule has 0 spiro atoms. The predicted molar refractivity (Wildman–Crippen MR) is 55.7 cm³/mol. The van der Waals surface area contributed by atoms with Crippen molar-refractivity contribution in [1.29, 1.82) is 0 Å². The number of alkyl halides is 1. The van der Waals surface area contributed by atoms with Crippen LogP contribution in [0.25, 0.3) is 0 Å². The summed E-state index contributed by atoms with van der Waals surface area (Å²) in [4.78, 5) is 4.26. The van der Waals surface area contributed by atoms with Gasteiger partial charge in [0, 0.05) is 15.9 Å². The van der Waals surface area contributed by atoms with E-state index in [0.29, 0.717) is 12.5 Å². The van der Waals surface area contributed by atoms with Gasteiger partial charge in [0.05, 0.1) is 12.3 Å². The molecule has 0 unspecified atom stereocenters. The zero-order valence-electron chi connectivity index (χ0n) is 6.68. The normalized spacial score (nSPS) is 9.92. The first-order valence-corrected chi connectivity index (χ1v) is 5.53. The highest BCUT2D eigenvalue weighted by atomic mass is 79.9. The Morgan fingerprint density at radius 2 is 2.25 bits per heavy atom. The van der Waals surface area contributed by atoms with Gasteiger partial charge in [-0.2, -0.15) is 0 Å². The van der Waals surface area contributed by atoms with E-state index >= 15 is 0 Å². The Morgan fingerprint density at radius 1 is 1.50 bits per heavy atom. The summed E-state index contributed by atoms with van der Waals surface area (Å²) in [6, 6.07) is 3.79. The number of hydrogen-bond acceptors (Lipinski definition) is 2. The summed E-state index contributed by atoms with van der Waals surface area (Å²) < 4.78 is 6.25. The zero-order valence-corrected chi connectivity index (χ0v) is 9.85. The number of nitrogens with zero attached hydrogens (tertiary/aromatic N) is 1. The summed E-state index contributed by atoms with van der Waals surface area (Å²) in [5, 5.41) is 0.731. The monoisotopic (exact) mass is 293 g/mol. The van der Waals surface area contributed by atoms with Crippen molar-refractivity contribution in [3.63, 3.8) is 0 Å². The first-order valence-electron chi connectivity index (χ1n) is 3.62. The van der Waals surface area contributed by atoms with Gasteiger partial charge >= 0.3 is 0 Å². The second-order valence-electron chi connectivity index (χ2n) is 2.14. The molecule has 1 rings (SSSR count). The zero-order chi connectivity index (χ0) is 8.97. The van der Waals surface area contributed by atoms with Crippen LogP contribution in [0.2, 0.25) is 0 Å². The Labute approximate surface area is 88.6 Å². The minimum Gasteiger partial charge on any atom is -0.478 e. The quantitative estimate of drug-likeness (QED) is 0.799. The summed E-state index contributed by atoms with van der Waals surface area (Å²) in [5.41, 5.74) is 0.959. The number of halogens is 2. The first kappa shape index (κ1) is 9.99. The van der Waals surface area contributed by atoms with Crippen molar-refractivity contribution in [2.24, 2.45) is 0 Å².